The number of carbonyl (C=O) groups is 3. The van der Waals surface area contributed by atoms with Crippen molar-refractivity contribution in [2.45, 2.75) is 61.2 Å². The lowest BCUT2D eigenvalue weighted by Gasteiger charge is -2.49. The second-order valence-corrected chi connectivity index (χ2v) is 18.3. The Morgan fingerprint density at radius 3 is 2.48 bits per heavy atom. The van der Waals surface area contributed by atoms with E-state index >= 15 is 4.39 Å². The molecule has 7 heterocycles. The number of piperidine rings is 1. The normalized spacial score (nSPS) is 18.6. The first-order chi connectivity index (χ1) is 30.4. The van der Waals surface area contributed by atoms with Gasteiger partial charge in [-0.05, 0) is 80.4 Å². The molecule has 3 amide bonds. The third kappa shape index (κ3) is 7.47. The van der Waals surface area contributed by atoms with Gasteiger partial charge in [-0.25, -0.2) is 17.8 Å². The van der Waals surface area contributed by atoms with E-state index in [-0.39, 0.29) is 45.8 Å². The van der Waals surface area contributed by atoms with E-state index in [0.29, 0.717) is 47.2 Å². The molecule has 324 valence electrons. The third-order valence-electron chi connectivity index (χ3n) is 12.0. The van der Waals surface area contributed by atoms with Crippen LogP contribution in [0.5, 0.6) is 5.75 Å². The summed E-state index contributed by atoms with van der Waals surface area (Å²) < 4.78 is 50.8. The summed E-state index contributed by atoms with van der Waals surface area (Å²) in [6, 6.07) is 15.9. The average molecular weight is 875 g/mol. The molecule has 18 nitrogen and oxygen atoms in total. The van der Waals surface area contributed by atoms with E-state index in [1.165, 1.54) is 29.0 Å². The van der Waals surface area contributed by atoms with Crippen molar-refractivity contribution < 1.29 is 31.9 Å². The van der Waals surface area contributed by atoms with Crippen molar-refractivity contribution in [1.29, 1.82) is 0 Å². The number of benzene rings is 3. The highest BCUT2D eigenvalue weighted by Crippen LogP contribution is 2.35. The van der Waals surface area contributed by atoms with Crippen LogP contribution in [0.1, 0.15) is 42.6 Å². The molecule has 0 spiro atoms. The van der Waals surface area contributed by atoms with Gasteiger partial charge in [0.1, 0.15) is 23.9 Å². The van der Waals surface area contributed by atoms with Gasteiger partial charge in [0.15, 0.2) is 5.75 Å². The van der Waals surface area contributed by atoms with Gasteiger partial charge < -0.3 is 24.8 Å². The second-order valence-electron chi connectivity index (χ2n) is 16.4. The molecule has 3 fully saturated rings. The number of nitrogens with zero attached hydrogens (tertiary/aromatic N) is 9. The molecule has 3 N–H and O–H groups in total. The molecule has 4 aliphatic heterocycles. The van der Waals surface area contributed by atoms with Crippen LogP contribution >= 0.6 is 0 Å². The van der Waals surface area contributed by atoms with Crippen LogP contribution in [-0.2, 0) is 26.0 Å². The minimum atomic E-state index is -4.07. The lowest BCUT2D eigenvalue weighted by Crippen LogP contribution is -2.63. The Kier molecular flexibility index (Phi) is 10.0. The number of H-pyrrole nitrogens is 1. The van der Waals surface area contributed by atoms with E-state index in [4.69, 9.17) is 4.74 Å². The molecule has 3 aromatic carbocycles. The summed E-state index contributed by atoms with van der Waals surface area (Å²) in [6.45, 7) is 8.83. The number of amides is 3. The molecule has 3 aromatic heterocycles. The van der Waals surface area contributed by atoms with Gasteiger partial charge in [0, 0.05) is 87.0 Å². The molecule has 0 aliphatic carbocycles. The highest BCUT2D eigenvalue weighted by Gasteiger charge is 2.40. The van der Waals surface area contributed by atoms with Crippen molar-refractivity contribution in [2.24, 2.45) is 0 Å². The molecule has 10 rings (SSSR count). The number of piperazine rings is 1. The third-order valence-corrected chi connectivity index (χ3v) is 13.8. The molecular weight excluding hydrogens is 832 g/mol. The zero-order chi connectivity index (χ0) is 43.6. The molecule has 63 heavy (non-hydrogen) atoms. The number of hydrogen-bond acceptors (Lipinski definition) is 14. The van der Waals surface area contributed by atoms with Gasteiger partial charge in [0.2, 0.25) is 33.2 Å². The van der Waals surface area contributed by atoms with Crippen LogP contribution in [-0.4, -0.2) is 123 Å². The number of sulfone groups is 1. The molecule has 6 aromatic rings. The maximum atomic E-state index is 15.6. The first-order valence-corrected chi connectivity index (χ1v) is 22.2. The molecule has 3 saturated heterocycles. The van der Waals surface area contributed by atoms with Crippen LogP contribution < -0.4 is 25.2 Å². The number of fused-ring (bicyclic) bond motifs is 2. The summed E-state index contributed by atoms with van der Waals surface area (Å²) in [5.41, 5.74) is 4.81. The van der Waals surface area contributed by atoms with Crippen molar-refractivity contribution in [3.05, 3.63) is 96.3 Å². The molecule has 0 radical (unpaired) electrons. The highest BCUT2D eigenvalue weighted by atomic mass is 32.2. The topological polar surface area (TPSA) is 203 Å². The molecule has 0 saturated carbocycles. The zero-order valence-electron chi connectivity index (χ0n) is 34.4. The number of aromatic amines is 1. The first-order valence-electron chi connectivity index (χ1n) is 20.7. The smallest absolute Gasteiger partial charge is 0.255 e. The van der Waals surface area contributed by atoms with Gasteiger partial charge in [-0.1, -0.05) is 6.07 Å². The maximum absolute atomic E-state index is 15.6. The minimum absolute atomic E-state index is 0.0115. The average Bonchev–Trinajstić information content (AvgIpc) is 4.01. The van der Waals surface area contributed by atoms with E-state index < -0.39 is 27.6 Å². The van der Waals surface area contributed by atoms with E-state index in [0.717, 1.165) is 62.3 Å². The van der Waals surface area contributed by atoms with E-state index in [1.54, 1.807) is 29.4 Å². The fraction of sp³-hybridized carbons (Fsp3) is 0.326. The fourth-order valence-electron chi connectivity index (χ4n) is 8.69. The van der Waals surface area contributed by atoms with Crippen molar-refractivity contribution in [3.63, 3.8) is 0 Å². The van der Waals surface area contributed by atoms with Crippen LogP contribution in [0.4, 0.5) is 27.4 Å². The monoisotopic (exact) mass is 874 g/mol. The molecular formula is C43H43FN12O6S. The number of imide groups is 1. The number of nitrogens with one attached hydrogen (secondary N) is 3. The first kappa shape index (κ1) is 40.2. The van der Waals surface area contributed by atoms with Gasteiger partial charge in [0.05, 0.1) is 27.8 Å². The van der Waals surface area contributed by atoms with Gasteiger partial charge >= 0.3 is 0 Å². The predicted molar refractivity (Wildman–Crippen MR) is 228 cm³/mol. The largest absolute Gasteiger partial charge is 0.485 e. The number of carbonyl (C=O) groups excluding carboxylic acids is 3. The molecule has 1 unspecified atom stereocenters. The highest BCUT2D eigenvalue weighted by molar-refractivity contribution is 7.91. The Bertz CT molecular complexity index is 2890. The molecule has 20 heteroatoms. The molecule has 0 bridgehead atoms. The summed E-state index contributed by atoms with van der Waals surface area (Å²) in [7, 11) is -4.07. The van der Waals surface area contributed by atoms with Crippen LogP contribution in [0.2, 0.25) is 0 Å². The Morgan fingerprint density at radius 2 is 1.73 bits per heavy atom. The van der Waals surface area contributed by atoms with Crippen molar-refractivity contribution >= 4 is 56.2 Å². The van der Waals surface area contributed by atoms with Crippen LogP contribution in [0, 0.1) is 5.82 Å². The number of anilines is 4. The van der Waals surface area contributed by atoms with Crippen molar-refractivity contribution in [2.75, 3.05) is 54.4 Å². The number of ether oxygens (including phenoxy) is 1. The Hall–Kier alpha value is -6.93. The summed E-state index contributed by atoms with van der Waals surface area (Å²) in [5, 5.41) is 16.4. The summed E-state index contributed by atoms with van der Waals surface area (Å²) in [6.07, 6.45) is 5.10. The Morgan fingerprint density at radius 1 is 0.937 bits per heavy atom. The fourth-order valence-corrected chi connectivity index (χ4v) is 10.00. The summed E-state index contributed by atoms with van der Waals surface area (Å²) >= 11 is 0. The quantitative estimate of drug-likeness (QED) is 0.159. The van der Waals surface area contributed by atoms with Gasteiger partial charge in [-0.2, -0.15) is 14.6 Å². The maximum Gasteiger partial charge on any atom is 0.255 e. The Labute approximate surface area is 361 Å². The lowest BCUT2D eigenvalue weighted by atomic mass is 10.0. The van der Waals surface area contributed by atoms with Gasteiger partial charge in [0.25, 0.3) is 5.91 Å². The number of rotatable bonds is 11. The second kappa shape index (κ2) is 15.8. The minimum Gasteiger partial charge on any atom is -0.485 e. The summed E-state index contributed by atoms with van der Waals surface area (Å²) in [4.78, 5) is 54.6. The number of aromatic nitrogens is 6. The standard InChI is InChI=1S/C43H43FN12O6S/c1-25(2)62-39-38(27-19-46-47-20-27)45-24-56-40(39)50-43(51-56)48-35-9-7-32(18-34(35)44)63(60,61)31-5-3-4-28(17-31)54-22-30(23-54)53-14-12-52(13-15-53)29-6-8-33-26(16-29)21-55(42(33)59)36-10-11-37(57)49-41(36)58/h3-9,16-20,24-25,30,36H,10-15,21-23H2,1-2H3,(H,46,47)(H,48,51)(H,49,57,58). The predicted octanol–water partition coefficient (Wildman–Crippen LogP) is 3.79. The van der Waals surface area contributed by atoms with Gasteiger partial charge in [-0.15, -0.1) is 5.10 Å². The van der Waals surface area contributed by atoms with Crippen LogP contribution in [0.15, 0.2) is 89.2 Å². The van der Waals surface area contributed by atoms with E-state index in [1.807, 2.05) is 38.1 Å². The number of hydrogen-bond donors (Lipinski definition) is 3. The van der Waals surface area contributed by atoms with Crippen molar-refractivity contribution in [1.82, 2.24) is 44.9 Å². The zero-order valence-corrected chi connectivity index (χ0v) is 35.2. The SMILES string of the molecule is CC(C)Oc1c(-c2cn[nH]c2)ncn2nc(Nc3ccc(S(=O)(=O)c4cccc(N5CC(N6CCN(c7ccc8c(c7)CN(C7CCC(=O)NC7=O)C8=O)CC6)C5)c4)cc3F)nc12. The van der Waals surface area contributed by atoms with E-state index in [9.17, 15) is 22.8 Å². The van der Waals surface area contributed by atoms with Crippen molar-refractivity contribution in [3.8, 4) is 17.0 Å². The molecule has 4 aliphatic rings. The lowest BCUT2D eigenvalue weighted by molar-refractivity contribution is -0.136. The number of halogens is 1. The van der Waals surface area contributed by atoms with Gasteiger partial charge in [-0.3, -0.25) is 29.7 Å². The van der Waals surface area contributed by atoms with Crippen LogP contribution in [0.3, 0.4) is 0 Å². The molecule has 1 atom stereocenters. The van der Waals surface area contributed by atoms with Crippen LogP contribution in [0.25, 0.3) is 16.9 Å². The Balaban J connectivity index is 0.758. The van der Waals surface area contributed by atoms with E-state index in [2.05, 4.69) is 50.6 Å². The summed E-state index contributed by atoms with van der Waals surface area (Å²) in [5.74, 6) is -1.27.